The molecule has 0 aliphatic heterocycles. The third-order valence-electron chi connectivity index (χ3n) is 2.07. The first-order valence-electron chi connectivity index (χ1n) is 4.56. The van der Waals surface area contributed by atoms with Crippen LogP contribution < -0.4 is 0 Å². The first kappa shape index (κ1) is 14.1. The van der Waals surface area contributed by atoms with E-state index in [1.165, 1.54) is 0 Å². The van der Waals surface area contributed by atoms with Gasteiger partial charge in [0.25, 0.3) is 0 Å². The van der Waals surface area contributed by atoms with Gasteiger partial charge < -0.3 is 9.47 Å². The maximum Gasteiger partial charge on any atom is 0.339 e. The molecule has 0 aliphatic rings. The molecule has 0 heterocycles. The van der Waals surface area contributed by atoms with Gasteiger partial charge in [0, 0.05) is 0 Å². The lowest BCUT2D eigenvalue weighted by molar-refractivity contribution is 0.0583. The normalized spacial score (nSPS) is 10.8. The topological polar surface area (TPSA) is 86.7 Å². The van der Waals surface area contributed by atoms with E-state index >= 15 is 0 Å². The number of carbonyl (C=O) groups is 2. The van der Waals surface area contributed by atoms with Crippen LogP contribution in [0.3, 0.4) is 0 Å². The molecule has 0 unspecified atom stereocenters. The molecule has 0 spiro atoms. The Morgan fingerprint density at radius 3 is 2.11 bits per heavy atom. The van der Waals surface area contributed by atoms with Gasteiger partial charge in [0.05, 0.1) is 25.3 Å². The highest BCUT2D eigenvalue weighted by Gasteiger charge is 2.24. The Labute approximate surface area is 103 Å². The molecule has 0 bridgehead atoms. The predicted octanol–water partition coefficient (Wildman–Crippen LogP) is 0.918. The van der Waals surface area contributed by atoms with E-state index in [2.05, 4.69) is 9.47 Å². The van der Waals surface area contributed by atoms with Crippen LogP contribution in [0.4, 0.5) is 3.89 Å². The number of rotatable bonds is 3. The van der Waals surface area contributed by atoms with Gasteiger partial charge >= 0.3 is 22.2 Å². The van der Waals surface area contributed by atoms with Crippen LogP contribution in [0.1, 0.15) is 20.7 Å². The van der Waals surface area contributed by atoms with E-state index in [4.69, 9.17) is 0 Å². The summed E-state index contributed by atoms with van der Waals surface area (Å²) in [5.41, 5.74) is -0.686. The van der Waals surface area contributed by atoms with Gasteiger partial charge in [0.2, 0.25) is 0 Å². The minimum Gasteiger partial charge on any atom is -0.465 e. The fraction of sp³-hybridized carbons (Fsp3) is 0.200. The fourth-order valence-electron chi connectivity index (χ4n) is 1.25. The van der Waals surface area contributed by atoms with Crippen molar-refractivity contribution in [2.24, 2.45) is 0 Å². The highest BCUT2D eigenvalue weighted by molar-refractivity contribution is 7.86. The molecule has 18 heavy (non-hydrogen) atoms. The molecule has 1 aromatic rings. The molecule has 0 radical (unpaired) electrons. The van der Waals surface area contributed by atoms with Crippen LogP contribution in [-0.2, 0) is 19.7 Å². The molecule has 6 nitrogen and oxygen atoms in total. The molecule has 0 atom stereocenters. The van der Waals surface area contributed by atoms with E-state index < -0.39 is 32.6 Å². The number of carbonyl (C=O) groups excluding carboxylic acids is 2. The van der Waals surface area contributed by atoms with Gasteiger partial charge in [-0.15, -0.1) is 3.89 Å². The van der Waals surface area contributed by atoms with Gasteiger partial charge in [-0.2, -0.15) is 8.42 Å². The molecular formula is C10H9FO6S. The second kappa shape index (κ2) is 5.13. The first-order chi connectivity index (χ1) is 8.31. The van der Waals surface area contributed by atoms with Crippen molar-refractivity contribution in [3.63, 3.8) is 0 Å². The summed E-state index contributed by atoms with van der Waals surface area (Å²) < 4.78 is 43.5. The van der Waals surface area contributed by atoms with Crippen LogP contribution in [-0.4, -0.2) is 34.6 Å². The van der Waals surface area contributed by atoms with Gasteiger partial charge in [0.15, 0.2) is 0 Å². The molecule has 0 fully saturated rings. The van der Waals surface area contributed by atoms with Gasteiger partial charge in [0.1, 0.15) is 4.90 Å². The van der Waals surface area contributed by atoms with Crippen molar-refractivity contribution in [1.82, 2.24) is 0 Å². The summed E-state index contributed by atoms with van der Waals surface area (Å²) in [7, 11) is -3.06. The molecule has 0 N–H and O–H groups in total. The lowest BCUT2D eigenvalue weighted by Crippen LogP contribution is -2.10. The predicted molar refractivity (Wildman–Crippen MR) is 57.4 cm³/mol. The third-order valence-corrected chi connectivity index (χ3v) is 2.93. The molecule has 0 aromatic heterocycles. The SMILES string of the molecule is COC(=O)c1ccc(C(=O)OC)c(S(=O)(=O)F)c1. The number of hydrogen-bond donors (Lipinski definition) is 0. The largest absolute Gasteiger partial charge is 0.465 e. The van der Waals surface area contributed by atoms with Crippen LogP contribution in [0, 0.1) is 0 Å². The Kier molecular flexibility index (Phi) is 4.02. The Morgan fingerprint density at radius 2 is 1.67 bits per heavy atom. The summed E-state index contributed by atoms with van der Waals surface area (Å²) in [6, 6.07) is 2.82. The molecule has 8 heteroatoms. The van der Waals surface area contributed by atoms with Crippen molar-refractivity contribution >= 4 is 22.2 Å². The Balaban J connectivity index is 3.49. The van der Waals surface area contributed by atoms with E-state index in [1.807, 2.05) is 0 Å². The third kappa shape index (κ3) is 2.83. The monoisotopic (exact) mass is 276 g/mol. The van der Waals surface area contributed by atoms with Crippen molar-refractivity contribution < 1.29 is 31.4 Å². The highest BCUT2D eigenvalue weighted by Crippen LogP contribution is 2.21. The van der Waals surface area contributed by atoms with Crippen molar-refractivity contribution in [3.05, 3.63) is 29.3 Å². The Morgan fingerprint density at radius 1 is 1.11 bits per heavy atom. The van der Waals surface area contributed by atoms with Gasteiger partial charge in [-0.3, -0.25) is 0 Å². The maximum absolute atomic E-state index is 13.0. The van der Waals surface area contributed by atoms with Crippen LogP contribution >= 0.6 is 0 Å². The van der Waals surface area contributed by atoms with Crippen molar-refractivity contribution in [2.75, 3.05) is 14.2 Å². The van der Waals surface area contributed by atoms with E-state index in [-0.39, 0.29) is 5.56 Å². The zero-order chi connectivity index (χ0) is 13.9. The van der Waals surface area contributed by atoms with Gasteiger partial charge in [-0.05, 0) is 18.2 Å². The van der Waals surface area contributed by atoms with Crippen LogP contribution in [0.15, 0.2) is 23.1 Å². The quantitative estimate of drug-likeness (QED) is 0.602. The average Bonchev–Trinajstić information content (AvgIpc) is 2.35. The summed E-state index contributed by atoms with van der Waals surface area (Å²) in [5, 5.41) is 0. The van der Waals surface area contributed by atoms with E-state index in [9.17, 15) is 21.9 Å². The standard InChI is InChI=1S/C10H9FO6S/c1-16-9(12)6-3-4-7(10(13)17-2)8(5-6)18(11,14)15/h3-5H,1-2H3. The number of methoxy groups -OCH3 is 2. The van der Waals surface area contributed by atoms with Crippen LogP contribution in [0.5, 0.6) is 0 Å². The van der Waals surface area contributed by atoms with E-state index in [0.29, 0.717) is 6.07 Å². The summed E-state index contributed by atoms with van der Waals surface area (Å²) in [6.45, 7) is 0. The number of halogens is 1. The average molecular weight is 276 g/mol. The fourth-order valence-corrected chi connectivity index (χ4v) is 1.93. The molecule has 1 aromatic carbocycles. The van der Waals surface area contributed by atoms with Crippen molar-refractivity contribution in [1.29, 1.82) is 0 Å². The zero-order valence-electron chi connectivity index (χ0n) is 9.47. The maximum atomic E-state index is 13.0. The van der Waals surface area contributed by atoms with Crippen LogP contribution in [0.2, 0.25) is 0 Å². The summed E-state index contributed by atoms with van der Waals surface area (Å²) in [6.07, 6.45) is 0. The molecule has 0 saturated carbocycles. The Bertz CT molecular complexity index is 592. The second-order valence-electron chi connectivity index (χ2n) is 3.13. The lowest BCUT2D eigenvalue weighted by atomic mass is 10.1. The van der Waals surface area contributed by atoms with E-state index in [0.717, 1.165) is 26.4 Å². The minimum atomic E-state index is -5.16. The molecule has 0 saturated heterocycles. The minimum absolute atomic E-state index is 0.193. The Hall–Kier alpha value is -1.96. The lowest BCUT2D eigenvalue weighted by Gasteiger charge is -2.06. The molecule has 1 rings (SSSR count). The summed E-state index contributed by atoms with van der Waals surface area (Å²) in [5.74, 6) is -1.88. The molecule has 98 valence electrons. The number of esters is 2. The van der Waals surface area contributed by atoms with Gasteiger partial charge in [-0.1, -0.05) is 0 Å². The van der Waals surface area contributed by atoms with E-state index in [1.54, 1.807) is 0 Å². The first-order valence-corrected chi connectivity index (χ1v) is 5.95. The van der Waals surface area contributed by atoms with Crippen molar-refractivity contribution in [3.8, 4) is 0 Å². The zero-order valence-corrected chi connectivity index (χ0v) is 10.3. The van der Waals surface area contributed by atoms with Crippen LogP contribution in [0.25, 0.3) is 0 Å². The molecule has 0 amide bonds. The second-order valence-corrected chi connectivity index (χ2v) is 4.45. The highest BCUT2D eigenvalue weighted by atomic mass is 32.3. The number of hydrogen-bond acceptors (Lipinski definition) is 6. The summed E-state index contributed by atoms with van der Waals surface area (Å²) >= 11 is 0. The molecule has 0 aliphatic carbocycles. The summed E-state index contributed by atoms with van der Waals surface area (Å²) in [4.78, 5) is 21.5. The smallest absolute Gasteiger partial charge is 0.339 e. The molecular weight excluding hydrogens is 267 g/mol. The number of benzene rings is 1. The van der Waals surface area contributed by atoms with Crippen molar-refractivity contribution in [2.45, 2.75) is 4.90 Å². The van der Waals surface area contributed by atoms with Gasteiger partial charge in [-0.25, -0.2) is 9.59 Å². The number of ether oxygens (including phenoxy) is 2.